The fourth-order valence-electron chi connectivity index (χ4n) is 2.44. The van der Waals surface area contributed by atoms with Crippen molar-refractivity contribution in [3.05, 3.63) is 28.8 Å². The molecule has 0 aliphatic rings. The van der Waals surface area contributed by atoms with Crippen LogP contribution >= 0.6 is 0 Å². The summed E-state index contributed by atoms with van der Waals surface area (Å²) in [7, 11) is 1.75. The van der Waals surface area contributed by atoms with Gasteiger partial charge in [0.05, 0.1) is 7.11 Å². The van der Waals surface area contributed by atoms with Gasteiger partial charge in [0.25, 0.3) is 0 Å². The molecule has 1 N–H and O–H groups in total. The van der Waals surface area contributed by atoms with Gasteiger partial charge in [-0.3, -0.25) is 0 Å². The van der Waals surface area contributed by atoms with E-state index in [1.807, 2.05) is 0 Å². The fourth-order valence-corrected chi connectivity index (χ4v) is 2.44. The van der Waals surface area contributed by atoms with Crippen molar-refractivity contribution in [2.75, 3.05) is 20.2 Å². The number of unbranched alkanes of at least 4 members (excludes halogenated alkanes) is 2. The monoisotopic (exact) mass is 249 g/mol. The highest BCUT2D eigenvalue weighted by Crippen LogP contribution is 2.25. The van der Waals surface area contributed by atoms with Crippen molar-refractivity contribution in [3.63, 3.8) is 0 Å². The summed E-state index contributed by atoms with van der Waals surface area (Å²) in [5, 5.41) is 3.36. The topological polar surface area (TPSA) is 21.3 Å². The van der Waals surface area contributed by atoms with Crippen molar-refractivity contribution in [3.8, 4) is 5.75 Å². The number of rotatable bonds is 8. The molecule has 0 amide bonds. The Balaban J connectivity index is 2.39. The second-order valence-electron chi connectivity index (χ2n) is 4.93. The highest BCUT2D eigenvalue weighted by atomic mass is 16.5. The van der Waals surface area contributed by atoms with Crippen LogP contribution in [-0.2, 0) is 6.42 Å². The van der Waals surface area contributed by atoms with E-state index in [2.05, 4.69) is 38.2 Å². The van der Waals surface area contributed by atoms with Crippen molar-refractivity contribution < 1.29 is 4.74 Å². The van der Waals surface area contributed by atoms with Gasteiger partial charge < -0.3 is 10.1 Å². The maximum atomic E-state index is 5.39. The summed E-state index contributed by atoms with van der Waals surface area (Å²) in [4.78, 5) is 0. The summed E-state index contributed by atoms with van der Waals surface area (Å²) in [6, 6.07) is 4.52. The van der Waals surface area contributed by atoms with E-state index in [4.69, 9.17) is 4.74 Å². The fraction of sp³-hybridized carbons (Fsp3) is 0.625. The zero-order valence-electron chi connectivity index (χ0n) is 12.3. The lowest BCUT2D eigenvalue weighted by atomic mass is 10.0. The lowest BCUT2D eigenvalue weighted by molar-refractivity contribution is 0.408. The van der Waals surface area contributed by atoms with Gasteiger partial charge in [0, 0.05) is 0 Å². The summed E-state index contributed by atoms with van der Waals surface area (Å²) in [5.41, 5.74) is 3.94. The predicted molar refractivity (Wildman–Crippen MR) is 78.6 cm³/mol. The first-order valence-corrected chi connectivity index (χ1v) is 7.03. The smallest absolute Gasteiger partial charge is 0.124 e. The summed E-state index contributed by atoms with van der Waals surface area (Å²) in [5.74, 6) is 1.03. The van der Waals surface area contributed by atoms with E-state index >= 15 is 0 Å². The average molecular weight is 249 g/mol. The quantitative estimate of drug-likeness (QED) is 0.710. The van der Waals surface area contributed by atoms with Crippen LogP contribution in [0.1, 0.15) is 42.9 Å². The number of aryl methyl sites for hydroxylation is 3. The van der Waals surface area contributed by atoms with Crippen LogP contribution in [0.2, 0.25) is 0 Å². The zero-order chi connectivity index (χ0) is 13.4. The SMILES string of the molecule is CCNCCCCCc1cc(C)c(OC)c(C)c1. The summed E-state index contributed by atoms with van der Waals surface area (Å²) in [6.07, 6.45) is 5.04. The first-order valence-electron chi connectivity index (χ1n) is 7.03. The Kier molecular flexibility index (Phi) is 6.81. The molecule has 0 radical (unpaired) electrons. The molecular formula is C16H27NO. The predicted octanol–water partition coefficient (Wildman–Crippen LogP) is 3.63. The van der Waals surface area contributed by atoms with Crippen LogP contribution in [0.25, 0.3) is 0 Å². The average Bonchev–Trinajstić information content (AvgIpc) is 2.33. The third-order valence-corrected chi connectivity index (χ3v) is 3.29. The van der Waals surface area contributed by atoms with E-state index in [1.165, 1.54) is 42.4 Å². The molecule has 0 spiro atoms. The number of methoxy groups -OCH3 is 1. The molecule has 1 aromatic carbocycles. The molecule has 0 atom stereocenters. The molecule has 1 rings (SSSR count). The Hall–Kier alpha value is -1.02. The van der Waals surface area contributed by atoms with Crippen LogP contribution in [0.4, 0.5) is 0 Å². The largest absolute Gasteiger partial charge is 0.496 e. The van der Waals surface area contributed by atoms with Crippen LogP contribution in [-0.4, -0.2) is 20.2 Å². The van der Waals surface area contributed by atoms with Gasteiger partial charge in [-0.05, 0) is 62.9 Å². The zero-order valence-corrected chi connectivity index (χ0v) is 12.3. The lowest BCUT2D eigenvalue weighted by Gasteiger charge is -2.11. The Morgan fingerprint density at radius 3 is 2.28 bits per heavy atom. The highest BCUT2D eigenvalue weighted by molar-refractivity contribution is 5.43. The van der Waals surface area contributed by atoms with Gasteiger partial charge in [-0.2, -0.15) is 0 Å². The van der Waals surface area contributed by atoms with Gasteiger partial charge in [-0.1, -0.05) is 25.5 Å². The number of benzene rings is 1. The first kappa shape index (κ1) is 15.0. The summed E-state index contributed by atoms with van der Waals surface area (Å²) < 4.78 is 5.39. The standard InChI is InChI=1S/C16H27NO/c1-5-17-10-8-6-7-9-15-11-13(2)16(18-4)14(3)12-15/h11-12,17H,5-10H2,1-4H3. The minimum absolute atomic E-state index is 1.03. The molecule has 0 bridgehead atoms. The maximum Gasteiger partial charge on any atom is 0.124 e. The summed E-state index contributed by atoms with van der Waals surface area (Å²) in [6.45, 7) is 8.64. The third-order valence-electron chi connectivity index (χ3n) is 3.29. The lowest BCUT2D eigenvalue weighted by Crippen LogP contribution is -2.13. The third kappa shape index (κ3) is 4.69. The Bertz CT molecular complexity index is 337. The summed E-state index contributed by atoms with van der Waals surface area (Å²) >= 11 is 0. The van der Waals surface area contributed by atoms with Gasteiger partial charge >= 0.3 is 0 Å². The van der Waals surface area contributed by atoms with Gasteiger partial charge in [-0.15, -0.1) is 0 Å². The first-order chi connectivity index (χ1) is 8.69. The number of hydrogen-bond donors (Lipinski definition) is 1. The molecular weight excluding hydrogens is 222 g/mol. The van der Waals surface area contributed by atoms with Crippen LogP contribution in [0, 0.1) is 13.8 Å². The molecule has 0 heterocycles. The molecule has 0 aliphatic heterocycles. The van der Waals surface area contributed by atoms with Crippen LogP contribution in [0.15, 0.2) is 12.1 Å². The molecule has 2 nitrogen and oxygen atoms in total. The second kappa shape index (κ2) is 8.15. The second-order valence-corrected chi connectivity index (χ2v) is 4.93. The van der Waals surface area contributed by atoms with Crippen LogP contribution in [0.5, 0.6) is 5.75 Å². The molecule has 0 aliphatic carbocycles. The molecule has 1 aromatic rings. The maximum absolute atomic E-state index is 5.39. The number of ether oxygens (including phenoxy) is 1. The molecule has 0 aromatic heterocycles. The van der Waals surface area contributed by atoms with Crippen molar-refractivity contribution in [1.29, 1.82) is 0 Å². The molecule has 102 valence electrons. The molecule has 18 heavy (non-hydrogen) atoms. The van der Waals surface area contributed by atoms with Gasteiger partial charge in [0.2, 0.25) is 0 Å². The molecule has 0 saturated heterocycles. The number of hydrogen-bond acceptors (Lipinski definition) is 2. The van der Waals surface area contributed by atoms with E-state index in [0.717, 1.165) is 18.8 Å². The van der Waals surface area contributed by atoms with Crippen molar-refractivity contribution in [1.82, 2.24) is 5.32 Å². The van der Waals surface area contributed by atoms with Crippen molar-refractivity contribution in [2.45, 2.75) is 46.5 Å². The van der Waals surface area contributed by atoms with E-state index in [0.29, 0.717) is 0 Å². The van der Waals surface area contributed by atoms with E-state index in [-0.39, 0.29) is 0 Å². The Morgan fingerprint density at radius 2 is 1.72 bits per heavy atom. The number of nitrogens with one attached hydrogen (secondary N) is 1. The molecule has 0 fully saturated rings. The molecule has 0 unspecified atom stereocenters. The van der Waals surface area contributed by atoms with Crippen molar-refractivity contribution in [2.24, 2.45) is 0 Å². The normalized spacial score (nSPS) is 10.7. The minimum atomic E-state index is 1.03. The highest BCUT2D eigenvalue weighted by Gasteiger charge is 2.04. The van der Waals surface area contributed by atoms with E-state index < -0.39 is 0 Å². The van der Waals surface area contributed by atoms with Crippen LogP contribution < -0.4 is 10.1 Å². The van der Waals surface area contributed by atoms with Crippen LogP contribution in [0.3, 0.4) is 0 Å². The van der Waals surface area contributed by atoms with Gasteiger partial charge in [-0.25, -0.2) is 0 Å². The van der Waals surface area contributed by atoms with Gasteiger partial charge in [0.1, 0.15) is 5.75 Å². The Labute approximate surface area is 112 Å². The minimum Gasteiger partial charge on any atom is -0.496 e. The molecule has 2 heteroatoms. The van der Waals surface area contributed by atoms with E-state index in [1.54, 1.807) is 7.11 Å². The Morgan fingerprint density at radius 1 is 1.06 bits per heavy atom. The van der Waals surface area contributed by atoms with Crippen molar-refractivity contribution >= 4 is 0 Å². The van der Waals surface area contributed by atoms with E-state index in [9.17, 15) is 0 Å². The molecule has 0 saturated carbocycles. The van der Waals surface area contributed by atoms with Gasteiger partial charge in [0.15, 0.2) is 0 Å².